The number of nitrogens with one attached hydrogen (secondary N) is 1. The molecule has 1 N–H and O–H groups in total. The van der Waals surface area contributed by atoms with Gasteiger partial charge in [0.2, 0.25) is 0 Å². The molecule has 0 unspecified atom stereocenters. The van der Waals surface area contributed by atoms with Crippen LogP contribution in [0.25, 0.3) is 5.69 Å². The van der Waals surface area contributed by atoms with Gasteiger partial charge in [-0.15, -0.1) is 5.10 Å². The zero-order valence-corrected chi connectivity index (χ0v) is 14.1. The van der Waals surface area contributed by atoms with E-state index in [1.807, 2.05) is 0 Å². The first kappa shape index (κ1) is 18.2. The Balaban J connectivity index is 1.71. The second-order valence-electron chi connectivity index (χ2n) is 6.31. The van der Waals surface area contributed by atoms with E-state index in [1.165, 1.54) is 16.8 Å². The quantitative estimate of drug-likeness (QED) is 0.827. The number of alkyl halides is 4. The first-order valence-corrected chi connectivity index (χ1v) is 8.14. The summed E-state index contributed by atoms with van der Waals surface area (Å²) in [5.41, 5.74) is 0.0679. The fourth-order valence-corrected chi connectivity index (χ4v) is 2.87. The first-order chi connectivity index (χ1) is 12.3. The van der Waals surface area contributed by atoms with Gasteiger partial charge in [0.1, 0.15) is 0 Å². The minimum atomic E-state index is -4.44. The molecule has 0 aliphatic carbocycles. The number of halogens is 4. The van der Waals surface area contributed by atoms with E-state index < -0.39 is 18.4 Å². The van der Waals surface area contributed by atoms with Gasteiger partial charge in [-0.25, -0.2) is 9.48 Å². The summed E-state index contributed by atoms with van der Waals surface area (Å²) < 4.78 is 52.2. The van der Waals surface area contributed by atoms with E-state index in [2.05, 4.69) is 10.4 Å². The van der Waals surface area contributed by atoms with E-state index in [1.54, 1.807) is 17.9 Å². The van der Waals surface area contributed by atoms with Crippen molar-refractivity contribution in [2.75, 3.05) is 25.1 Å². The van der Waals surface area contributed by atoms with Crippen LogP contribution < -0.4 is 5.32 Å². The summed E-state index contributed by atoms with van der Waals surface area (Å²) in [5, 5.41) is 6.79. The lowest BCUT2D eigenvalue weighted by atomic mass is 9.98. The molecular weight excluding hydrogens is 352 g/mol. The van der Waals surface area contributed by atoms with E-state index >= 15 is 0 Å². The lowest BCUT2D eigenvalue weighted by Gasteiger charge is -2.38. The standard InChI is InChI=1S/C17H18F4N4O/c1-11-7-15(22-16(26)24-9-12(10-24)5-6-18)23-25(11)14-4-2-3-13(8-14)17(19,20)21/h2-4,7-8,12H,5-6,9-10H2,1H3,(H,22,23,26). The van der Waals surface area contributed by atoms with Gasteiger partial charge >= 0.3 is 12.2 Å². The van der Waals surface area contributed by atoms with Gasteiger partial charge in [-0.3, -0.25) is 9.71 Å². The Morgan fingerprint density at radius 2 is 2.04 bits per heavy atom. The maximum absolute atomic E-state index is 12.9. The highest BCUT2D eigenvalue weighted by Crippen LogP contribution is 2.30. The monoisotopic (exact) mass is 370 g/mol. The number of nitrogens with zero attached hydrogens (tertiary/aromatic N) is 3. The average molecular weight is 370 g/mol. The molecule has 0 saturated carbocycles. The van der Waals surface area contributed by atoms with Crippen LogP contribution in [0, 0.1) is 12.8 Å². The van der Waals surface area contributed by atoms with Crippen LogP contribution in [0.4, 0.5) is 28.2 Å². The third-order valence-electron chi connectivity index (χ3n) is 4.30. The molecule has 3 rings (SSSR count). The number of hydrogen-bond acceptors (Lipinski definition) is 2. The van der Waals surface area contributed by atoms with Crippen LogP contribution in [-0.4, -0.2) is 40.5 Å². The van der Waals surface area contributed by atoms with E-state index in [0.29, 0.717) is 25.2 Å². The number of carbonyl (C=O) groups is 1. The van der Waals surface area contributed by atoms with Crippen LogP contribution in [0.3, 0.4) is 0 Å². The molecular formula is C17H18F4N4O. The molecule has 0 spiro atoms. The summed E-state index contributed by atoms with van der Waals surface area (Å²) in [6, 6.07) is 6.04. The number of likely N-dealkylation sites (tertiary alicyclic amines) is 1. The second-order valence-corrected chi connectivity index (χ2v) is 6.31. The Morgan fingerprint density at radius 1 is 1.31 bits per heavy atom. The maximum Gasteiger partial charge on any atom is 0.416 e. The number of aryl methyl sites for hydroxylation is 1. The molecule has 2 amide bonds. The molecule has 1 aliphatic heterocycles. The van der Waals surface area contributed by atoms with Crippen molar-refractivity contribution in [2.45, 2.75) is 19.5 Å². The van der Waals surface area contributed by atoms with Crippen molar-refractivity contribution in [3.05, 3.63) is 41.6 Å². The number of rotatable bonds is 4. The Hall–Kier alpha value is -2.58. The van der Waals surface area contributed by atoms with Crippen LogP contribution in [0.1, 0.15) is 17.7 Å². The third-order valence-corrected chi connectivity index (χ3v) is 4.30. The Labute approximate surface area is 147 Å². The third kappa shape index (κ3) is 3.81. The van der Waals surface area contributed by atoms with Crippen molar-refractivity contribution in [2.24, 2.45) is 5.92 Å². The molecule has 5 nitrogen and oxygen atoms in total. The number of carbonyl (C=O) groups excluding carboxylic acids is 1. The summed E-state index contributed by atoms with van der Waals surface area (Å²) >= 11 is 0. The highest BCUT2D eigenvalue weighted by atomic mass is 19.4. The molecule has 26 heavy (non-hydrogen) atoms. The highest BCUT2D eigenvalue weighted by molar-refractivity contribution is 5.88. The average Bonchev–Trinajstić information content (AvgIpc) is 2.90. The number of urea groups is 1. The molecule has 140 valence electrons. The zero-order valence-electron chi connectivity index (χ0n) is 14.1. The Kier molecular flexibility index (Phi) is 4.88. The molecule has 9 heteroatoms. The number of anilines is 1. The van der Waals surface area contributed by atoms with Gasteiger partial charge in [0.25, 0.3) is 0 Å². The number of hydrogen-bond donors (Lipinski definition) is 1. The van der Waals surface area contributed by atoms with E-state index in [4.69, 9.17) is 0 Å². The van der Waals surface area contributed by atoms with Crippen LogP contribution in [0.2, 0.25) is 0 Å². The lowest BCUT2D eigenvalue weighted by molar-refractivity contribution is -0.137. The van der Waals surface area contributed by atoms with Gasteiger partial charge in [-0.05, 0) is 37.5 Å². The molecule has 0 bridgehead atoms. The molecule has 0 atom stereocenters. The van der Waals surface area contributed by atoms with Gasteiger partial charge in [0.05, 0.1) is 17.9 Å². The molecule has 1 aliphatic rings. The molecule has 0 radical (unpaired) electrons. The zero-order chi connectivity index (χ0) is 18.9. The van der Waals surface area contributed by atoms with E-state index in [0.717, 1.165) is 12.1 Å². The SMILES string of the molecule is Cc1cc(NC(=O)N2CC(CCF)C2)nn1-c1cccc(C(F)(F)F)c1. The fourth-order valence-electron chi connectivity index (χ4n) is 2.87. The Morgan fingerprint density at radius 3 is 2.69 bits per heavy atom. The predicted molar refractivity (Wildman–Crippen MR) is 88.0 cm³/mol. The van der Waals surface area contributed by atoms with Crippen molar-refractivity contribution in [3.8, 4) is 5.69 Å². The Bertz CT molecular complexity index is 796. The summed E-state index contributed by atoms with van der Waals surface area (Å²) in [5.74, 6) is 0.425. The van der Waals surface area contributed by atoms with Gasteiger partial charge in [0, 0.05) is 24.8 Å². The molecule has 1 fully saturated rings. The van der Waals surface area contributed by atoms with Crippen LogP contribution in [-0.2, 0) is 6.18 Å². The van der Waals surface area contributed by atoms with Gasteiger partial charge in [0.15, 0.2) is 5.82 Å². The van der Waals surface area contributed by atoms with Crippen LogP contribution in [0.5, 0.6) is 0 Å². The molecule has 1 saturated heterocycles. The number of amides is 2. The van der Waals surface area contributed by atoms with Gasteiger partial charge < -0.3 is 4.90 Å². The first-order valence-electron chi connectivity index (χ1n) is 8.14. The maximum atomic E-state index is 12.9. The van der Waals surface area contributed by atoms with Crippen molar-refractivity contribution >= 4 is 11.8 Å². The van der Waals surface area contributed by atoms with Crippen molar-refractivity contribution < 1.29 is 22.4 Å². The predicted octanol–water partition coefficient (Wildman–Crippen LogP) is 4.02. The van der Waals surface area contributed by atoms with Gasteiger partial charge in [-0.1, -0.05) is 6.07 Å². The van der Waals surface area contributed by atoms with Crippen LogP contribution >= 0.6 is 0 Å². The normalized spacial score (nSPS) is 15.0. The van der Waals surface area contributed by atoms with Gasteiger partial charge in [-0.2, -0.15) is 13.2 Å². The smallest absolute Gasteiger partial charge is 0.324 e. The molecule has 2 heterocycles. The molecule has 1 aromatic carbocycles. The van der Waals surface area contributed by atoms with Crippen molar-refractivity contribution in [1.29, 1.82) is 0 Å². The topological polar surface area (TPSA) is 50.2 Å². The second kappa shape index (κ2) is 6.97. The number of aromatic nitrogens is 2. The summed E-state index contributed by atoms with van der Waals surface area (Å²) in [6.45, 7) is 2.26. The fraction of sp³-hybridized carbons (Fsp3) is 0.412. The molecule has 2 aromatic rings. The van der Waals surface area contributed by atoms with Crippen molar-refractivity contribution in [3.63, 3.8) is 0 Å². The lowest BCUT2D eigenvalue weighted by Crippen LogP contribution is -2.51. The minimum Gasteiger partial charge on any atom is -0.324 e. The highest BCUT2D eigenvalue weighted by Gasteiger charge is 2.31. The van der Waals surface area contributed by atoms with Crippen molar-refractivity contribution in [1.82, 2.24) is 14.7 Å². The number of benzene rings is 1. The summed E-state index contributed by atoms with van der Waals surface area (Å²) in [6.07, 6.45) is -4.01. The minimum absolute atomic E-state index is 0.176. The summed E-state index contributed by atoms with van der Waals surface area (Å²) in [7, 11) is 0. The summed E-state index contributed by atoms with van der Waals surface area (Å²) in [4.78, 5) is 13.7. The largest absolute Gasteiger partial charge is 0.416 e. The van der Waals surface area contributed by atoms with E-state index in [9.17, 15) is 22.4 Å². The van der Waals surface area contributed by atoms with E-state index in [-0.39, 0.29) is 23.5 Å². The van der Waals surface area contributed by atoms with Crippen LogP contribution in [0.15, 0.2) is 30.3 Å². The molecule has 1 aromatic heterocycles.